The minimum atomic E-state index is -3.60. The summed E-state index contributed by atoms with van der Waals surface area (Å²) in [5.74, 6) is -0.664. The van der Waals surface area contributed by atoms with Crippen molar-refractivity contribution in [3.05, 3.63) is 28.3 Å². The summed E-state index contributed by atoms with van der Waals surface area (Å²) in [6.07, 6.45) is 1.08. The molecule has 1 unspecified atom stereocenters. The molecule has 0 radical (unpaired) electrons. The molecule has 1 atom stereocenters. The second-order valence-corrected chi connectivity index (χ2v) is 8.26. The standard InChI is InChI=1S/C15H22N4O6S/c1-17(2)26(23,24)18-8-4-5-11(10-18)15(20)16-13-9-12(19(21)22)6-7-14(13)25-3/h6-7,9,11H,4-5,8,10H2,1-3H3,(H,16,20). The van der Waals surface area contributed by atoms with E-state index in [0.29, 0.717) is 19.4 Å². The van der Waals surface area contributed by atoms with Gasteiger partial charge in [-0.15, -0.1) is 0 Å². The normalized spacial score (nSPS) is 18.5. The largest absolute Gasteiger partial charge is 0.495 e. The Morgan fingerprint density at radius 3 is 2.69 bits per heavy atom. The summed E-state index contributed by atoms with van der Waals surface area (Å²) in [4.78, 5) is 23.0. The van der Waals surface area contributed by atoms with Crippen LogP contribution in [-0.4, -0.2) is 62.2 Å². The first-order valence-corrected chi connectivity index (χ1v) is 9.37. The van der Waals surface area contributed by atoms with E-state index in [1.165, 1.54) is 43.7 Å². The lowest BCUT2D eigenvalue weighted by Crippen LogP contribution is -2.47. The predicted octanol–water partition coefficient (Wildman–Crippen LogP) is 1.06. The molecule has 0 aromatic heterocycles. The number of carbonyl (C=O) groups excluding carboxylic acids is 1. The van der Waals surface area contributed by atoms with Crippen LogP contribution in [0.2, 0.25) is 0 Å². The van der Waals surface area contributed by atoms with E-state index in [0.717, 1.165) is 4.31 Å². The van der Waals surface area contributed by atoms with Crippen LogP contribution in [0.25, 0.3) is 0 Å². The van der Waals surface area contributed by atoms with Gasteiger partial charge in [-0.3, -0.25) is 14.9 Å². The zero-order valence-corrected chi connectivity index (χ0v) is 15.7. The molecule has 1 N–H and O–H groups in total. The topological polar surface area (TPSA) is 122 Å². The maximum absolute atomic E-state index is 12.6. The number of piperidine rings is 1. The minimum Gasteiger partial charge on any atom is -0.495 e. The number of benzene rings is 1. The van der Waals surface area contributed by atoms with E-state index in [1.54, 1.807) is 0 Å². The first-order valence-electron chi connectivity index (χ1n) is 7.97. The van der Waals surface area contributed by atoms with Crippen LogP contribution in [0.3, 0.4) is 0 Å². The van der Waals surface area contributed by atoms with E-state index in [-0.39, 0.29) is 23.7 Å². The summed E-state index contributed by atoms with van der Waals surface area (Å²) in [5.41, 5.74) is 0.000784. The molecule has 144 valence electrons. The number of non-ortho nitro benzene ring substituents is 1. The number of ether oxygens (including phenoxy) is 1. The molecule has 1 fully saturated rings. The molecule has 1 amide bonds. The number of hydrogen-bond acceptors (Lipinski definition) is 6. The highest BCUT2D eigenvalue weighted by Gasteiger charge is 2.33. The Balaban J connectivity index is 2.17. The number of nitro benzene ring substituents is 1. The molecule has 1 heterocycles. The second kappa shape index (κ2) is 7.98. The number of methoxy groups -OCH3 is 1. The maximum Gasteiger partial charge on any atom is 0.281 e. The molecule has 11 heteroatoms. The third-order valence-electron chi connectivity index (χ3n) is 4.19. The number of nitro groups is 1. The van der Waals surface area contributed by atoms with E-state index >= 15 is 0 Å². The number of nitrogens with one attached hydrogen (secondary N) is 1. The van der Waals surface area contributed by atoms with E-state index in [9.17, 15) is 23.3 Å². The summed E-state index contributed by atoms with van der Waals surface area (Å²) in [5, 5.41) is 13.6. The molecule has 1 aromatic carbocycles. The van der Waals surface area contributed by atoms with Crippen molar-refractivity contribution in [3.63, 3.8) is 0 Å². The molecule has 1 saturated heterocycles. The number of rotatable bonds is 6. The number of amides is 1. The maximum atomic E-state index is 12.6. The van der Waals surface area contributed by atoms with Crippen molar-refractivity contribution in [2.45, 2.75) is 12.8 Å². The number of nitrogens with zero attached hydrogens (tertiary/aromatic N) is 3. The Morgan fingerprint density at radius 1 is 1.42 bits per heavy atom. The molecule has 1 aliphatic rings. The third-order valence-corrected chi connectivity index (χ3v) is 6.10. The van der Waals surface area contributed by atoms with Gasteiger partial charge in [-0.25, -0.2) is 0 Å². The first-order chi connectivity index (χ1) is 12.2. The molecule has 2 rings (SSSR count). The number of hydrogen-bond donors (Lipinski definition) is 1. The van der Waals surface area contributed by atoms with Crippen LogP contribution in [0.15, 0.2) is 18.2 Å². The van der Waals surface area contributed by atoms with E-state index in [2.05, 4.69) is 5.32 Å². The van der Waals surface area contributed by atoms with Crippen molar-refractivity contribution < 1.29 is 22.9 Å². The van der Waals surface area contributed by atoms with Gasteiger partial charge >= 0.3 is 0 Å². The van der Waals surface area contributed by atoms with Gasteiger partial charge in [-0.1, -0.05) is 0 Å². The molecular weight excluding hydrogens is 364 g/mol. The minimum absolute atomic E-state index is 0.0591. The summed E-state index contributed by atoms with van der Waals surface area (Å²) < 4.78 is 32.0. The second-order valence-electron chi connectivity index (χ2n) is 6.12. The molecule has 26 heavy (non-hydrogen) atoms. The van der Waals surface area contributed by atoms with Gasteiger partial charge in [-0.2, -0.15) is 17.0 Å². The lowest BCUT2D eigenvalue weighted by molar-refractivity contribution is -0.384. The van der Waals surface area contributed by atoms with Crippen LogP contribution in [-0.2, 0) is 15.0 Å². The third kappa shape index (κ3) is 4.29. The van der Waals surface area contributed by atoms with Gasteiger partial charge < -0.3 is 10.1 Å². The fourth-order valence-electron chi connectivity index (χ4n) is 2.74. The first kappa shape index (κ1) is 20.1. The Morgan fingerprint density at radius 2 is 2.12 bits per heavy atom. The Labute approximate surface area is 152 Å². The number of anilines is 1. The van der Waals surface area contributed by atoms with Gasteiger partial charge in [0, 0.05) is 39.3 Å². The van der Waals surface area contributed by atoms with Gasteiger partial charge in [0.05, 0.1) is 23.6 Å². The fraction of sp³-hybridized carbons (Fsp3) is 0.533. The van der Waals surface area contributed by atoms with Crippen molar-refractivity contribution in [1.82, 2.24) is 8.61 Å². The fourth-order valence-corrected chi connectivity index (χ4v) is 3.93. The molecule has 10 nitrogen and oxygen atoms in total. The highest BCUT2D eigenvalue weighted by atomic mass is 32.2. The van der Waals surface area contributed by atoms with Gasteiger partial charge in [0.2, 0.25) is 5.91 Å². The highest BCUT2D eigenvalue weighted by Crippen LogP contribution is 2.30. The highest BCUT2D eigenvalue weighted by molar-refractivity contribution is 7.86. The monoisotopic (exact) mass is 386 g/mol. The Hall–Kier alpha value is -2.24. The number of carbonyl (C=O) groups is 1. The van der Waals surface area contributed by atoms with Gasteiger partial charge in [0.25, 0.3) is 15.9 Å². The summed E-state index contributed by atoms with van der Waals surface area (Å²) >= 11 is 0. The molecule has 1 aromatic rings. The van der Waals surface area contributed by atoms with Crippen molar-refractivity contribution in [2.24, 2.45) is 5.92 Å². The average Bonchev–Trinajstić information content (AvgIpc) is 2.61. The summed E-state index contributed by atoms with van der Waals surface area (Å²) in [6, 6.07) is 3.89. The Bertz CT molecular complexity index is 795. The smallest absolute Gasteiger partial charge is 0.281 e. The lowest BCUT2D eigenvalue weighted by atomic mass is 9.98. The van der Waals surface area contributed by atoms with E-state index < -0.39 is 27.0 Å². The van der Waals surface area contributed by atoms with Gasteiger partial charge in [-0.05, 0) is 18.9 Å². The summed E-state index contributed by atoms with van der Waals surface area (Å²) in [6.45, 7) is 0.411. The molecule has 0 spiro atoms. The van der Waals surface area contributed by atoms with Crippen LogP contribution >= 0.6 is 0 Å². The van der Waals surface area contributed by atoms with Gasteiger partial charge in [0.1, 0.15) is 5.75 Å². The van der Waals surface area contributed by atoms with Crippen molar-refractivity contribution >= 4 is 27.5 Å². The van der Waals surface area contributed by atoms with Gasteiger partial charge in [0.15, 0.2) is 0 Å². The van der Waals surface area contributed by atoms with Crippen molar-refractivity contribution in [2.75, 3.05) is 39.6 Å². The predicted molar refractivity (Wildman–Crippen MR) is 95.2 cm³/mol. The van der Waals surface area contributed by atoms with Crippen molar-refractivity contribution in [1.29, 1.82) is 0 Å². The molecule has 1 aliphatic heterocycles. The lowest BCUT2D eigenvalue weighted by Gasteiger charge is -2.32. The van der Waals surface area contributed by atoms with E-state index in [1.807, 2.05) is 0 Å². The Kier molecular flexibility index (Phi) is 6.16. The molecule has 0 bridgehead atoms. The SMILES string of the molecule is COc1ccc([N+](=O)[O-])cc1NC(=O)C1CCCN(S(=O)(=O)N(C)C)C1. The van der Waals surface area contributed by atoms with Crippen LogP contribution in [0, 0.1) is 16.0 Å². The van der Waals surface area contributed by atoms with E-state index in [4.69, 9.17) is 4.74 Å². The quantitative estimate of drug-likeness (QED) is 0.576. The van der Waals surface area contributed by atoms with Crippen LogP contribution in [0.5, 0.6) is 5.75 Å². The zero-order valence-electron chi connectivity index (χ0n) is 14.8. The summed E-state index contributed by atoms with van der Waals surface area (Å²) in [7, 11) is 0.669. The zero-order chi connectivity index (χ0) is 19.5. The van der Waals surface area contributed by atoms with Crippen LogP contribution < -0.4 is 10.1 Å². The molecular formula is C15H22N4O6S. The average molecular weight is 386 g/mol. The molecule has 0 saturated carbocycles. The van der Waals surface area contributed by atoms with Crippen LogP contribution in [0.1, 0.15) is 12.8 Å². The molecule has 0 aliphatic carbocycles. The van der Waals surface area contributed by atoms with Crippen LogP contribution in [0.4, 0.5) is 11.4 Å². The van der Waals surface area contributed by atoms with Crippen molar-refractivity contribution in [3.8, 4) is 5.75 Å².